The van der Waals surface area contributed by atoms with Gasteiger partial charge in [0, 0.05) is 37.8 Å². The first-order valence-corrected chi connectivity index (χ1v) is 13.9. The van der Waals surface area contributed by atoms with Crippen molar-refractivity contribution in [2.24, 2.45) is 0 Å². The highest BCUT2D eigenvalue weighted by Crippen LogP contribution is 2.33. The molecule has 0 aliphatic carbocycles. The molecule has 1 aliphatic rings. The summed E-state index contributed by atoms with van der Waals surface area (Å²) in [6, 6.07) is 15.4. The molecule has 2 aromatic carbocycles. The summed E-state index contributed by atoms with van der Waals surface area (Å²) in [6.07, 6.45) is 2.38. The maximum absolute atomic E-state index is 12.9. The molecule has 1 atom stereocenters. The van der Waals surface area contributed by atoms with Crippen LogP contribution >= 0.6 is 11.6 Å². The monoisotopic (exact) mass is 513 g/mol. The van der Waals surface area contributed by atoms with E-state index in [1.54, 1.807) is 44.3 Å². The average Bonchev–Trinajstić information content (AvgIpc) is 2.87. The van der Waals surface area contributed by atoms with E-state index >= 15 is 0 Å². The highest BCUT2D eigenvalue weighted by Gasteiger charge is 2.24. The zero-order valence-electron chi connectivity index (χ0n) is 20.3. The van der Waals surface area contributed by atoms with Gasteiger partial charge in [-0.15, -0.1) is 0 Å². The fourth-order valence-corrected chi connectivity index (χ4v) is 5.58. The van der Waals surface area contributed by atoms with Crippen molar-refractivity contribution < 1.29 is 8.42 Å². The lowest BCUT2D eigenvalue weighted by atomic mass is 9.95. The summed E-state index contributed by atoms with van der Waals surface area (Å²) in [4.78, 5) is 11.9. The molecule has 7 nitrogen and oxygen atoms in total. The topological polar surface area (TPSA) is 87.2 Å². The number of para-hydroxylation sites is 1. The quantitative estimate of drug-likeness (QED) is 0.438. The molecular formula is C26H32ClN5O2S. The lowest BCUT2D eigenvalue weighted by Gasteiger charge is -2.29. The van der Waals surface area contributed by atoms with Crippen molar-refractivity contribution in [3.05, 3.63) is 71.1 Å². The van der Waals surface area contributed by atoms with Crippen LogP contribution < -0.4 is 15.5 Å². The Morgan fingerprint density at radius 1 is 1.09 bits per heavy atom. The van der Waals surface area contributed by atoms with Crippen LogP contribution in [0.3, 0.4) is 0 Å². The lowest BCUT2D eigenvalue weighted by Crippen LogP contribution is -2.43. The minimum absolute atomic E-state index is 0.0143. The Labute approximate surface area is 212 Å². The van der Waals surface area contributed by atoms with E-state index in [4.69, 9.17) is 16.6 Å². The second kappa shape index (κ2) is 10.9. The summed E-state index contributed by atoms with van der Waals surface area (Å²) in [6.45, 7) is 9.43. The molecule has 186 valence electrons. The number of nitrogens with one attached hydrogen (secondary N) is 2. The van der Waals surface area contributed by atoms with Gasteiger partial charge >= 0.3 is 0 Å². The first kappa shape index (κ1) is 25.4. The molecule has 1 saturated heterocycles. The van der Waals surface area contributed by atoms with E-state index in [1.165, 1.54) is 5.69 Å². The molecule has 0 amide bonds. The van der Waals surface area contributed by atoms with Crippen molar-refractivity contribution in [1.82, 2.24) is 15.3 Å². The molecule has 0 saturated carbocycles. The highest BCUT2D eigenvalue weighted by molar-refractivity contribution is 7.92. The smallest absolute Gasteiger partial charge is 0.182 e. The molecule has 35 heavy (non-hydrogen) atoms. The Morgan fingerprint density at radius 2 is 1.77 bits per heavy atom. The summed E-state index contributed by atoms with van der Waals surface area (Å²) in [5.74, 6) is 1.01. The molecule has 1 unspecified atom stereocenters. The lowest BCUT2D eigenvalue weighted by molar-refractivity contribution is 0.587. The molecule has 4 rings (SSSR count). The van der Waals surface area contributed by atoms with Gasteiger partial charge in [-0.05, 0) is 50.1 Å². The van der Waals surface area contributed by atoms with E-state index in [1.807, 2.05) is 0 Å². The maximum Gasteiger partial charge on any atom is 0.182 e. The highest BCUT2D eigenvalue weighted by atomic mass is 35.5. The van der Waals surface area contributed by atoms with Crippen LogP contribution in [0, 0.1) is 0 Å². The zero-order valence-corrected chi connectivity index (χ0v) is 21.9. The molecule has 1 fully saturated rings. The van der Waals surface area contributed by atoms with Crippen molar-refractivity contribution in [2.45, 2.75) is 43.3 Å². The predicted octanol–water partition coefficient (Wildman–Crippen LogP) is 5.01. The number of nitrogens with zero attached hydrogens (tertiary/aromatic N) is 3. The standard InChI is InChI=1S/C26H32ClN5O2S/c1-4-21(19-9-11-20(12-10-19)32-15-13-28-14-16-32)25-29-17-22(27)26(31-25)30-23-7-5-6-8-24(23)35(33,34)18(2)3/h5-12,17-18,21,28H,4,13-16H2,1-3H3,(H,29,30,31). The number of rotatable bonds is 8. The van der Waals surface area contributed by atoms with Gasteiger partial charge in [0.05, 0.1) is 22.0 Å². The molecule has 0 bridgehead atoms. The summed E-state index contributed by atoms with van der Waals surface area (Å²) >= 11 is 6.43. The minimum Gasteiger partial charge on any atom is -0.369 e. The van der Waals surface area contributed by atoms with Gasteiger partial charge in [0.2, 0.25) is 0 Å². The van der Waals surface area contributed by atoms with Gasteiger partial charge in [-0.3, -0.25) is 0 Å². The van der Waals surface area contributed by atoms with Gasteiger partial charge in [0.1, 0.15) is 10.8 Å². The predicted molar refractivity (Wildman–Crippen MR) is 143 cm³/mol. The van der Waals surface area contributed by atoms with Crippen LogP contribution in [0.25, 0.3) is 0 Å². The SMILES string of the molecule is CCC(c1ccc(N2CCNCC2)cc1)c1ncc(Cl)c(Nc2ccccc2S(=O)(=O)C(C)C)n1. The first-order valence-electron chi connectivity index (χ1n) is 12.0. The van der Waals surface area contributed by atoms with Crippen molar-refractivity contribution in [2.75, 3.05) is 36.4 Å². The number of anilines is 3. The van der Waals surface area contributed by atoms with Crippen molar-refractivity contribution >= 4 is 38.6 Å². The van der Waals surface area contributed by atoms with E-state index in [0.29, 0.717) is 22.4 Å². The third-order valence-electron chi connectivity index (χ3n) is 6.33. The summed E-state index contributed by atoms with van der Waals surface area (Å²) in [5, 5.41) is 6.31. The van der Waals surface area contributed by atoms with Gasteiger partial charge in [0.15, 0.2) is 15.7 Å². The van der Waals surface area contributed by atoms with E-state index in [-0.39, 0.29) is 10.8 Å². The molecule has 3 aromatic rings. The van der Waals surface area contributed by atoms with Gasteiger partial charge in [-0.2, -0.15) is 0 Å². The Bertz CT molecular complexity index is 1260. The summed E-state index contributed by atoms with van der Waals surface area (Å²) in [5.41, 5.74) is 2.79. The number of hydrogen-bond donors (Lipinski definition) is 2. The van der Waals surface area contributed by atoms with Crippen LogP contribution in [0.4, 0.5) is 17.2 Å². The van der Waals surface area contributed by atoms with E-state index in [9.17, 15) is 8.42 Å². The second-order valence-corrected chi connectivity index (χ2v) is 11.8. The van der Waals surface area contributed by atoms with E-state index in [2.05, 4.69) is 51.7 Å². The molecule has 1 aromatic heterocycles. The summed E-state index contributed by atoms with van der Waals surface area (Å²) in [7, 11) is -3.49. The van der Waals surface area contributed by atoms with Crippen LogP contribution in [0.15, 0.2) is 59.6 Å². The van der Waals surface area contributed by atoms with Crippen molar-refractivity contribution in [3.8, 4) is 0 Å². The van der Waals surface area contributed by atoms with E-state index in [0.717, 1.165) is 38.2 Å². The largest absolute Gasteiger partial charge is 0.369 e. The van der Waals surface area contributed by atoms with Crippen LogP contribution in [-0.2, 0) is 9.84 Å². The first-order chi connectivity index (χ1) is 16.8. The van der Waals surface area contributed by atoms with Crippen LogP contribution in [0.5, 0.6) is 0 Å². The van der Waals surface area contributed by atoms with Gasteiger partial charge in [0.25, 0.3) is 0 Å². The third-order valence-corrected chi connectivity index (χ3v) is 8.81. The molecule has 0 spiro atoms. The summed E-state index contributed by atoms with van der Waals surface area (Å²) < 4.78 is 25.7. The number of hydrogen-bond acceptors (Lipinski definition) is 7. The zero-order chi connectivity index (χ0) is 25.0. The fourth-order valence-electron chi connectivity index (χ4n) is 4.24. The molecule has 9 heteroatoms. The normalized spacial score (nSPS) is 15.3. The maximum atomic E-state index is 12.9. The van der Waals surface area contributed by atoms with Crippen LogP contribution in [-0.4, -0.2) is 49.8 Å². The fraction of sp³-hybridized carbons (Fsp3) is 0.385. The molecule has 2 N–H and O–H groups in total. The Hall–Kier alpha value is -2.68. The number of aromatic nitrogens is 2. The second-order valence-electron chi connectivity index (χ2n) is 8.93. The molecule has 0 radical (unpaired) electrons. The van der Waals surface area contributed by atoms with Crippen molar-refractivity contribution in [3.63, 3.8) is 0 Å². The van der Waals surface area contributed by atoms with Gasteiger partial charge < -0.3 is 15.5 Å². The Balaban J connectivity index is 1.62. The van der Waals surface area contributed by atoms with Crippen LogP contribution in [0.2, 0.25) is 5.02 Å². The number of sulfone groups is 1. The third kappa shape index (κ3) is 5.60. The number of piperazine rings is 1. The molecule has 2 heterocycles. The number of benzene rings is 2. The van der Waals surface area contributed by atoms with Crippen LogP contribution in [0.1, 0.15) is 44.5 Å². The Kier molecular flexibility index (Phi) is 7.94. The molecular weight excluding hydrogens is 482 g/mol. The van der Waals surface area contributed by atoms with Gasteiger partial charge in [-0.25, -0.2) is 18.4 Å². The van der Waals surface area contributed by atoms with Gasteiger partial charge in [-0.1, -0.05) is 42.8 Å². The number of halogens is 1. The minimum atomic E-state index is -3.49. The average molecular weight is 514 g/mol. The Morgan fingerprint density at radius 3 is 2.43 bits per heavy atom. The molecule has 1 aliphatic heterocycles. The van der Waals surface area contributed by atoms with E-state index < -0.39 is 15.1 Å². The van der Waals surface area contributed by atoms with Crippen molar-refractivity contribution in [1.29, 1.82) is 0 Å².